The van der Waals surface area contributed by atoms with Crippen molar-refractivity contribution in [2.45, 2.75) is 45.4 Å². The van der Waals surface area contributed by atoms with Crippen molar-refractivity contribution in [3.8, 4) is 11.5 Å². The van der Waals surface area contributed by atoms with E-state index in [-0.39, 0.29) is 17.1 Å². The first-order chi connectivity index (χ1) is 14.0. The van der Waals surface area contributed by atoms with Crippen LogP contribution in [0, 0.1) is 5.82 Å². The first kappa shape index (κ1) is 18.1. The number of nitrogens with zero attached hydrogens (tertiary/aromatic N) is 6. The molecule has 0 spiro atoms. The third-order valence-corrected chi connectivity index (χ3v) is 5.80. The van der Waals surface area contributed by atoms with E-state index in [1.807, 2.05) is 16.2 Å². The Morgan fingerprint density at radius 2 is 2.21 bits per heavy atom. The second-order valence-electron chi connectivity index (χ2n) is 7.44. The Hall–Kier alpha value is -2.94. The van der Waals surface area contributed by atoms with E-state index < -0.39 is 5.82 Å². The van der Waals surface area contributed by atoms with Gasteiger partial charge in [-0.25, -0.2) is 9.18 Å². The molecule has 3 aromatic rings. The molecule has 0 radical (unpaired) electrons. The third kappa shape index (κ3) is 3.05. The number of fused-ring (bicyclic) bond motifs is 5. The fourth-order valence-electron chi connectivity index (χ4n) is 4.04. The van der Waals surface area contributed by atoms with Gasteiger partial charge in [0.2, 0.25) is 0 Å². The second kappa shape index (κ2) is 6.84. The molecule has 10 heteroatoms. The molecule has 0 saturated carbocycles. The van der Waals surface area contributed by atoms with Gasteiger partial charge in [0.15, 0.2) is 5.82 Å². The van der Waals surface area contributed by atoms with Crippen LogP contribution < -0.4 is 5.32 Å². The number of carbonyl (C=O) groups excluding carboxylic acids is 1. The van der Waals surface area contributed by atoms with Crippen LogP contribution in [0.15, 0.2) is 24.5 Å². The van der Waals surface area contributed by atoms with Gasteiger partial charge in [-0.3, -0.25) is 4.68 Å². The Bertz CT molecular complexity index is 1110. The van der Waals surface area contributed by atoms with Gasteiger partial charge in [-0.05, 0) is 31.5 Å². The zero-order valence-corrected chi connectivity index (χ0v) is 16.5. The van der Waals surface area contributed by atoms with Gasteiger partial charge >= 0.3 is 6.03 Å². The predicted molar refractivity (Wildman–Crippen MR) is 105 cm³/mol. The number of benzene rings is 1. The summed E-state index contributed by atoms with van der Waals surface area (Å²) >= 11 is 5.83. The molecule has 2 aliphatic heterocycles. The maximum atomic E-state index is 13.4. The maximum absolute atomic E-state index is 13.4. The molecule has 2 aliphatic rings. The monoisotopic (exact) mass is 415 g/mol. The second-order valence-corrected chi connectivity index (χ2v) is 7.85. The first-order valence-electron chi connectivity index (χ1n) is 9.50. The number of urea groups is 1. The smallest absolute Gasteiger partial charge is 0.317 e. The van der Waals surface area contributed by atoms with Crippen molar-refractivity contribution in [1.82, 2.24) is 29.4 Å². The maximum Gasteiger partial charge on any atom is 0.322 e. The fourth-order valence-corrected chi connectivity index (χ4v) is 4.22. The summed E-state index contributed by atoms with van der Waals surface area (Å²) in [6.45, 7) is 4.05. The lowest BCUT2D eigenvalue weighted by Crippen LogP contribution is -2.44. The van der Waals surface area contributed by atoms with Crippen LogP contribution in [0.1, 0.15) is 24.6 Å². The van der Waals surface area contributed by atoms with Crippen molar-refractivity contribution in [3.63, 3.8) is 0 Å². The van der Waals surface area contributed by atoms with Crippen LogP contribution in [0.3, 0.4) is 0 Å². The molecular formula is C19H19ClFN7O. The summed E-state index contributed by atoms with van der Waals surface area (Å²) < 4.78 is 17.4. The molecule has 29 heavy (non-hydrogen) atoms. The van der Waals surface area contributed by atoms with Gasteiger partial charge in [-0.15, -0.1) is 10.2 Å². The minimum Gasteiger partial charge on any atom is -0.317 e. The third-order valence-electron chi connectivity index (χ3n) is 5.51. The average Bonchev–Trinajstić information content (AvgIpc) is 3.23. The minimum absolute atomic E-state index is 0.0296. The molecular weight excluding hydrogens is 397 g/mol. The molecule has 1 aromatic carbocycles. The lowest BCUT2D eigenvalue weighted by molar-refractivity contribution is 0.182. The van der Waals surface area contributed by atoms with Crippen LogP contribution in [0.2, 0.25) is 5.02 Å². The highest BCUT2D eigenvalue weighted by atomic mass is 35.5. The van der Waals surface area contributed by atoms with E-state index in [9.17, 15) is 9.18 Å². The van der Waals surface area contributed by atoms with Crippen LogP contribution in [0.25, 0.3) is 11.5 Å². The zero-order valence-electron chi connectivity index (χ0n) is 15.8. The highest BCUT2D eigenvalue weighted by Crippen LogP contribution is 2.33. The average molecular weight is 416 g/mol. The summed E-state index contributed by atoms with van der Waals surface area (Å²) in [7, 11) is 0. The quantitative estimate of drug-likeness (QED) is 0.661. The summed E-state index contributed by atoms with van der Waals surface area (Å²) in [6.07, 6.45) is 3.34. The SMILES string of the molecule is CC1Cc2nn3c(c2CN1C(=O)Nc1ccc(F)c(Cl)c1)-c1nncn1CCC3. The Labute approximate surface area is 171 Å². The lowest BCUT2D eigenvalue weighted by atomic mass is 9.99. The molecule has 2 aromatic heterocycles. The fraction of sp³-hybridized carbons (Fsp3) is 0.368. The summed E-state index contributed by atoms with van der Waals surface area (Å²) in [4.78, 5) is 14.7. The summed E-state index contributed by atoms with van der Waals surface area (Å²) in [6, 6.07) is 3.84. The van der Waals surface area contributed by atoms with Gasteiger partial charge in [0.05, 0.1) is 17.3 Å². The van der Waals surface area contributed by atoms with E-state index >= 15 is 0 Å². The molecule has 0 fully saturated rings. The molecule has 0 aliphatic carbocycles. The van der Waals surface area contributed by atoms with Gasteiger partial charge < -0.3 is 14.8 Å². The normalized spacial score (nSPS) is 17.9. The summed E-state index contributed by atoms with van der Waals surface area (Å²) in [5.74, 6) is 0.267. The van der Waals surface area contributed by atoms with Crippen LogP contribution in [-0.2, 0) is 26.1 Å². The van der Waals surface area contributed by atoms with E-state index in [4.69, 9.17) is 16.7 Å². The van der Waals surface area contributed by atoms with Gasteiger partial charge in [0, 0.05) is 36.8 Å². The Morgan fingerprint density at radius 3 is 3.03 bits per heavy atom. The molecule has 4 heterocycles. The number of hydrogen-bond acceptors (Lipinski definition) is 4. The molecule has 0 saturated heterocycles. The van der Waals surface area contributed by atoms with Crippen molar-refractivity contribution in [2.24, 2.45) is 0 Å². The van der Waals surface area contributed by atoms with E-state index in [2.05, 4.69) is 15.5 Å². The van der Waals surface area contributed by atoms with E-state index in [1.54, 1.807) is 11.2 Å². The van der Waals surface area contributed by atoms with Gasteiger partial charge in [0.25, 0.3) is 0 Å². The topological polar surface area (TPSA) is 80.9 Å². The molecule has 1 atom stereocenters. The van der Waals surface area contributed by atoms with Crippen LogP contribution in [0.4, 0.5) is 14.9 Å². The summed E-state index contributed by atoms with van der Waals surface area (Å²) in [5, 5.41) is 15.9. The van der Waals surface area contributed by atoms with Gasteiger partial charge in [-0.1, -0.05) is 11.6 Å². The zero-order chi connectivity index (χ0) is 20.1. The standard InChI is InChI=1S/C19H19ClFN7O/c1-11-7-16-13(17-18-24-22-10-26(18)5-2-6-28(17)25-16)9-27(11)19(29)23-12-3-4-15(21)14(20)8-12/h3-4,8,10-11H,2,5-7,9H2,1H3,(H,23,29). The number of amides is 2. The number of carbonyl (C=O) groups is 1. The number of anilines is 1. The number of rotatable bonds is 1. The highest BCUT2D eigenvalue weighted by Gasteiger charge is 2.34. The molecule has 1 N–H and O–H groups in total. The number of aromatic nitrogens is 5. The van der Waals surface area contributed by atoms with E-state index in [0.29, 0.717) is 18.7 Å². The van der Waals surface area contributed by atoms with Crippen LogP contribution >= 0.6 is 11.6 Å². The van der Waals surface area contributed by atoms with Crippen molar-refractivity contribution in [2.75, 3.05) is 5.32 Å². The van der Waals surface area contributed by atoms with Gasteiger partial charge in [0.1, 0.15) is 17.8 Å². The van der Waals surface area contributed by atoms with Crippen molar-refractivity contribution in [1.29, 1.82) is 0 Å². The molecule has 2 amide bonds. The molecule has 8 nitrogen and oxygen atoms in total. The number of nitrogens with one attached hydrogen (secondary N) is 1. The minimum atomic E-state index is -0.521. The Morgan fingerprint density at radius 1 is 1.34 bits per heavy atom. The van der Waals surface area contributed by atoms with E-state index in [1.165, 1.54) is 18.2 Å². The van der Waals surface area contributed by atoms with E-state index in [0.717, 1.165) is 42.3 Å². The largest absolute Gasteiger partial charge is 0.322 e. The van der Waals surface area contributed by atoms with Crippen molar-refractivity contribution in [3.05, 3.63) is 46.6 Å². The van der Waals surface area contributed by atoms with Crippen molar-refractivity contribution < 1.29 is 9.18 Å². The number of aryl methyl sites for hydroxylation is 2. The number of hydrogen-bond donors (Lipinski definition) is 1. The van der Waals surface area contributed by atoms with Crippen LogP contribution in [0.5, 0.6) is 0 Å². The lowest BCUT2D eigenvalue weighted by Gasteiger charge is -2.33. The highest BCUT2D eigenvalue weighted by molar-refractivity contribution is 6.31. The molecule has 0 bridgehead atoms. The molecule has 5 rings (SSSR count). The number of halogens is 2. The van der Waals surface area contributed by atoms with Gasteiger partial charge in [-0.2, -0.15) is 5.10 Å². The Balaban J connectivity index is 1.46. The Kier molecular flexibility index (Phi) is 4.27. The van der Waals surface area contributed by atoms with Crippen molar-refractivity contribution >= 4 is 23.3 Å². The summed E-state index contributed by atoms with van der Waals surface area (Å²) in [5.41, 5.74) is 3.39. The molecule has 1 unspecified atom stereocenters. The predicted octanol–water partition coefficient (Wildman–Crippen LogP) is 3.32. The molecule has 150 valence electrons. The first-order valence-corrected chi connectivity index (χ1v) is 9.88. The van der Waals surface area contributed by atoms with Crippen LogP contribution in [-0.4, -0.2) is 41.5 Å².